The molecule has 1 aliphatic carbocycles. The van der Waals surface area contributed by atoms with Crippen LogP contribution in [0, 0.1) is 11.8 Å². The van der Waals surface area contributed by atoms with Gasteiger partial charge in [-0.15, -0.1) is 11.8 Å². The first-order chi connectivity index (χ1) is 16.9. The van der Waals surface area contributed by atoms with E-state index in [1.165, 1.54) is 6.42 Å². The number of carbonyl (C=O) groups is 3. The molecule has 0 radical (unpaired) electrons. The molecule has 3 saturated heterocycles. The fourth-order valence-corrected chi connectivity index (χ4v) is 9.39. The predicted octanol–water partition coefficient (Wildman–Crippen LogP) is 2.62. The Labute approximate surface area is 211 Å². The molecule has 8 heteroatoms. The van der Waals surface area contributed by atoms with Crippen molar-refractivity contribution in [2.24, 2.45) is 11.8 Å². The van der Waals surface area contributed by atoms with E-state index in [1.807, 2.05) is 30.3 Å². The summed E-state index contributed by atoms with van der Waals surface area (Å²) in [6.07, 6.45) is 7.40. The Bertz CT molecular complexity index is 968. The van der Waals surface area contributed by atoms with Gasteiger partial charge in [0.25, 0.3) is 0 Å². The maximum atomic E-state index is 13.9. The molecule has 0 aromatic heterocycles. The number of likely N-dealkylation sites (tertiary alicyclic amines) is 1. The molecule has 7 nitrogen and oxygen atoms in total. The minimum absolute atomic E-state index is 0.0374. The van der Waals surface area contributed by atoms with Gasteiger partial charge in [0.2, 0.25) is 17.7 Å². The first-order valence-electron chi connectivity index (χ1n) is 13.1. The van der Waals surface area contributed by atoms with E-state index in [1.54, 1.807) is 16.7 Å². The van der Waals surface area contributed by atoms with Crippen LogP contribution in [0.25, 0.3) is 0 Å². The summed E-state index contributed by atoms with van der Waals surface area (Å²) in [5, 5.41) is 15.8. The maximum absolute atomic E-state index is 13.9. The number of nitrogens with zero attached hydrogens (tertiary/aromatic N) is 1. The second-order valence-electron chi connectivity index (χ2n) is 10.9. The second kappa shape index (κ2) is 9.77. The van der Waals surface area contributed by atoms with E-state index >= 15 is 0 Å². The number of amides is 3. The monoisotopic (exact) mass is 499 g/mol. The van der Waals surface area contributed by atoms with Crippen LogP contribution in [-0.2, 0) is 20.9 Å². The van der Waals surface area contributed by atoms with Crippen LogP contribution >= 0.6 is 11.8 Å². The molecule has 190 valence electrons. The number of nitrogens with one attached hydrogen (secondary N) is 2. The molecule has 3 heterocycles. The molecule has 3 amide bonds. The van der Waals surface area contributed by atoms with Gasteiger partial charge in [-0.05, 0) is 44.6 Å². The number of benzene rings is 1. The molecular formula is C27H37N3O4S. The fraction of sp³-hybridized carbons (Fsp3) is 0.667. The zero-order valence-electron chi connectivity index (χ0n) is 20.5. The van der Waals surface area contributed by atoms with Crippen molar-refractivity contribution in [3.8, 4) is 0 Å². The Morgan fingerprint density at radius 2 is 1.86 bits per heavy atom. The average Bonchev–Trinajstić information content (AvgIpc) is 3.43. The minimum atomic E-state index is -0.591. The van der Waals surface area contributed by atoms with Gasteiger partial charge < -0.3 is 20.6 Å². The Morgan fingerprint density at radius 3 is 2.57 bits per heavy atom. The largest absolute Gasteiger partial charge is 0.396 e. The van der Waals surface area contributed by atoms with Crippen molar-refractivity contribution in [3.05, 3.63) is 35.9 Å². The number of aliphatic hydroxyl groups excluding tert-OH is 1. The van der Waals surface area contributed by atoms with E-state index in [4.69, 9.17) is 0 Å². The number of rotatable bonds is 8. The van der Waals surface area contributed by atoms with Crippen molar-refractivity contribution in [1.29, 1.82) is 0 Å². The van der Waals surface area contributed by atoms with Crippen LogP contribution in [0.5, 0.6) is 0 Å². The summed E-state index contributed by atoms with van der Waals surface area (Å²) in [7, 11) is 0. The van der Waals surface area contributed by atoms with Gasteiger partial charge in [0, 0.05) is 30.5 Å². The zero-order chi connectivity index (χ0) is 24.6. The molecule has 3 aliphatic heterocycles. The molecule has 35 heavy (non-hydrogen) atoms. The molecule has 4 aliphatic rings. The lowest BCUT2D eigenvalue weighted by Gasteiger charge is -2.36. The Balaban J connectivity index is 1.41. The van der Waals surface area contributed by atoms with Crippen LogP contribution in [-0.4, -0.2) is 62.5 Å². The third kappa shape index (κ3) is 4.26. The number of hydrogen-bond donors (Lipinski definition) is 3. The van der Waals surface area contributed by atoms with E-state index in [0.717, 1.165) is 44.1 Å². The third-order valence-corrected chi connectivity index (χ3v) is 10.6. The molecule has 1 aromatic rings. The van der Waals surface area contributed by atoms with Gasteiger partial charge in [-0.3, -0.25) is 14.4 Å². The Morgan fingerprint density at radius 1 is 1.11 bits per heavy atom. The van der Waals surface area contributed by atoms with E-state index in [-0.39, 0.29) is 35.1 Å². The van der Waals surface area contributed by atoms with Crippen LogP contribution in [0.3, 0.4) is 0 Å². The number of thioether (sulfide) groups is 1. The third-order valence-electron chi connectivity index (χ3n) is 8.63. The van der Waals surface area contributed by atoms with Gasteiger partial charge in [0.05, 0.1) is 16.6 Å². The summed E-state index contributed by atoms with van der Waals surface area (Å²) in [6, 6.07) is 9.35. The molecule has 1 aromatic carbocycles. The van der Waals surface area contributed by atoms with E-state index in [0.29, 0.717) is 19.5 Å². The van der Waals surface area contributed by atoms with Crippen molar-refractivity contribution >= 4 is 29.5 Å². The first-order valence-corrected chi connectivity index (χ1v) is 13.9. The van der Waals surface area contributed by atoms with E-state index in [2.05, 4.69) is 17.6 Å². The smallest absolute Gasteiger partial charge is 0.244 e. The first kappa shape index (κ1) is 24.6. The van der Waals surface area contributed by atoms with Gasteiger partial charge in [-0.1, -0.05) is 49.6 Å². The molecule has 3 N–H and O–H groups in total. The highest BCUT2D eigenvalue weighted by atomic mass is 32.2. The molecule has 2 bridgehead atoms. The van der Waals surface area contributed by atoms with Gasteiger partial charge >= 0.3 is 0 Å². The Kier molecular flexibility index (Phi) is 6.87. The standard InChI is InChI=1S/C27H37N3O4S/c1-26-13-14-27(35-26)21(20(26)23(32)28-17-18-9-4-2-5-10-18)25(34)30(15-8-16-31)22(27)24(33)29-19-11-6-3-7-12-19/h2,4-5,9-10,19-22,31H,3,6-8,11-17H2,1H3,(H,28,32)(H,29,33)/t20-,21+,22?,26+,27?/m1/s1. The topological polar surface area (TPSA) is 98.7 Å². The summed E-state index contributed by atoms with van der Waals surface area (Å²) in [4.78, 5) is 42.9. The number of carbonyl (C=O) groups excluding carboxylic acids is 3. The second-order valence-corrected chi connectivity index (χ2v) is 12.8. The van der Waals surface area contributed by atoms with Crippen LogP contribution < -0.4 is 10.6 Å². The zero-order valence-corrected chi connectivity index (χ0v) is 21.3. The SMILES string of the molecule is C[C@@]12CCC3(S1)C(C(=O)NC1CCCCC1)N(CCCO)C(=O)[C@@H]3[C@@H]2C(=O)NCc1ccccc1. The minimum Gasteiger partial charge on any atom is -0.396 e. The van der Waals surface area contributed by atoms with Gasteiger partial charge in [-0.25, -0.2) is 0 Å². The summed E-state index contributed by atoms with van der Waals surface area (Å²) in [5.41, 5.74) is 1.02. The van der Waals surface area contributed by atoms with Crippen molar-refractivity contribution < 1.29 is 19.5 Å². The van der Waals surface area contributed by atoms with Crippen molar-refractivity contribution in [2.45, 2.75) is 86.4 Å². The summed E-state index contributed by atoms with van der Waals surface area (Å²) >= 11 is 1.70. The molecular weight excluding hydrogens is 462 g/mol. The van der Waals surface area contributed by atoms with Crippen LogP contribution in [0.1, 0.15) is 63.9 Å². The van der Waals surface area contributed by atoms with Crippen molar-refractivity contribution in [1.82, 2.24) is 15.5 Å². The highest BCUT2D eigenvalue weighted by Crippen LogP contribution is 2.71. The van der Waals surface area contributed by atoms with Gasteiger partial charge in [-0.2, -0.15) is 0 Å². The summed E-state index contributed by atoms with van der Waals surface area (Å²) in [5.74, 6) is -1.26. The number of aliphatic hydroxyl groups is 1. The molecule has 1 saturated carbocycles. The fourth-order valence-electron chi connectivity index (χ4n) is 7.03. The van der Waals surface area contributed by atoms with Crippen LogP contribution in [0.4, 0.5) is 0 Å². The van der Waals surface area contributed by atoms with Crippen LogP contribution in [0.2, 0.25) is 0 Å². The lowest BCUT2D eigenvalue weighted by Crippen LogP contribution is -2.55. The summed E-state index contributed by atoms with van der Waals surface area (Å²) in [6.45, 7) is 2.82. The molecule has 5 atom stereocenters. The molecule has 1 spiro atoms. The molecule has 4 fully saturated rings. The lowest BCUT2D eigenvalue weighted by atomic mass is 9.66. The van der Waals surface area contributed by atoms with Crippen molar-refractivity contribution in [2.75, 3.05) is 13.2 Å². The van der Waals surface area contributed by atoms with E-state index < -0.39 is 22.6 Å². The highest BCUT2D eigenvalue weighted by molar-refractivity contribution is 8.02. The highest BCUT2D eigenvalue weighted by Gasteiger charge is 2.77. The summed E-state index contributed by atoms with van der Waals surface area (Å²) < 4.78 is -0.956. The average molecular weight is 500 g/mol. The molecule has 2 unspecified atom stereocenters. The molecule has 5 rings (SSSR count). The van der Waals surface area contributed by atoms with Gasteiger partial charge in [0.1, 0.15) is 6.04 Å². The van der Waals surface area contributed by atoms with Gasteiger partial charge in [0.15, 0.2) is 0 Å². The van der Waals surface area contributed by atoms with Crippen LogP contribution in [0.15, 0.2) is 30.3 Å². The number of fused-ring (bicyclic) bond motifs is 1. The lowest BCUT2D eigenvalue weighted by molar-refractivity contribution is -0.141. The maximum Gasteiger partial charge on any atom is 0.244 e. The van der Waals surface area contributed by atoms with E-state index in [9.17, 15) is 19.5 Å². The normalized spacial score (nSPS) is 34.2. The quantitative estimate of drug-likeness (QED) is 0.511. The van der Waals surface area contributed by atoms with Crippen molar-refractivity contribution in [3.63, 3.8) is 0 Å². The Hall–Kier alpha value is -2.06. The predicted molar refractivity (Wildman–Crippen MR) is 135 cm³/mol. The number of hydrogen-bond acceptors (Lipinski definition) is 5.